The molecule has 3 aromatic rings. The summed E-state index contributed by atoms with van der Waals surface area (Å²) in [5, 5.41) is 24.1. The quantitative estimate of drug-likeness (QED) is 0.0644. The topological polar surface area (TPSA) is 241 Å². The van der Waals surface area contributed by atoms with Gasteiger partial charge in [-0.3, -0.25) is 29.3 Å². The van der Waals surface area contributed by atoms with Crippen molar-refractivity contribution in [2.45, 2.75) is 115 Å². The lowest BCUT2D eigenvalue weighted by Crippen LogP contribution is -2.59. The van der Waals surface area contributed by atoms with Crippen LogP contribution in [0.1, 0.15) is 76.1 Å². The maximum absolute atomic E-state index is 14.1. The van der Waals surface area contributed by atoms with Gasteiger partial charge in [-0.05, 0) is 36.3 Å². The third-order valence-corrected chi connectivity index (χ3v) is 10.5. The van der Waals surface area contributed by atoms with Crippen molar-refractivity contribution in [3.05, 3.63) is 90.0 Å². The minimum absolute atomic E-state index is 0.0832. The summed E-state index contributed by atoms with van der Waals surface area (Å²) >= 11 is 0. The van der Waals surface area contributed by atoms with Crippen molar-refractivity contribution in [2.75, 3.05) is 13.2 Å². The number of rotatable bonds is 23. The fraction of sp³-hybridized carbons (Fsp3) is 0.500. The molecule has 314 valence electrons. The highest BCUT2D eigenvalue weighted by atomic mass is 16.4. The Hall–Kier alpha value is -5.61. The summed E-state index contributed by atoms with van der Waals surface area (Å²) in [5.41, 5.74) is 8.34. The number of likely N-dealkylation sites (tertiary alicyclic amines) is 1. The third-order valence-electron chi connectivity index (χ3n) is 10.5. The van der Waals surface area contributed by atoms with E-state index in [9.17, 15) is 33.9 Å². The van der Waals surface area contributed by atoms with Crippen molar-refractivity contribution >= 4 is 35.5 Å². The summed E-state index contributed by atoms with van der Waals surface area (Å²) in [6, 6.07) is 12.5. The van der Waals surface area contributed by atoms with Gasteiger partial charge in [-0.2, -0.15) is 0 Å². The van der Waals surface area contributed by atoms with Crippen molar-refractivity contribution in [3.8, 4) is 0 Å². The van der Waals surface area contributed by atoms with E-state index in [4.69, 9.17) is 5.73 Å². The van der Waals surface area contributed by atoms with Gasteiger partial charge in [0, 0.05) is 37.7 Å². The van der Waals surface area contributed by atoms with Gasteiger partial charge < -0.3 is 42.0 Å². The highest BCUT2D eigenvalue weighted by Crippen LogP contribution is 2.20. The Morgan fingerprint density at radius 2 is 1.52 bits per heavy atom. The Morgan fingerprint density at radius 3 is 2.10 bits per heavy atom. The van der Waals surface area contributed by atoms with E-state index in [0.29, 0.717) is 31.4 Å². The molecule has 16 nitrogen and oxygen atoms in total. The SMILES string of the molecule is CCCC[C@H](N)C(=O)N[C@@H](Cc1ccccc1)C(=O)N[C@H](C(=O)NCN[C@@H](Cc1cnc[nH]1)C(=O)N1CCC[C@H]1C(=O)N[C@@H](Cc1ccccc1)C(=O)O)[C@@H](C)CC. The summed E-state index contributed by atoms with van der Waals surface area (Å²) in [6.45, 7) is 5.86. The third kappa shape index (κ3) is 13.5. The zero-order valence-electron chi connectivity index (χ0n) is 33.6. The number of nitrogens with two attached hydrogens (primary N) is 1. The number of hydrogen-bond acceptors (Lipinski definition) is 9. The maximum atomic E-state index is 14.1. The number of H-pyrrole nitrogens is 1. The lowest BCUT2D eigenvalue weighted by Gasteiger charge is -2.30. The molecule has 58 heavy (non-hydrogen) atoms. The van der Waals surface area contributed by atoms with Crippen LogP contribution in [0.2, 0.25) is 0 Å². The zero-order valence-corrected chi connectivity index (χ0v) is 33.6. The summed E-state index contributed by atoms with van der Waals surface area (Å²) in [7, 11) is 0. The second-order valence-corrected chi connectivity index (χ2v) is 14.9. The number of hydrogen-bond donors (Lipinski definition) is 8. The van der Waals surface area contributed by atoms with E-state index >= 15 is 0 Å². The van der Waals surface area contributed by atoms with Gasteiger partial charge in [0.15, 0.2) is 0 Å². The summed E-state index contributed by atoms with van der Waals surface area (Å²) in [5.74, 6) is -3.92. The first-order valence-electron chi connectivity index (χ1n) is 20.2. The number of unbranched alkanes of at least 4 members (excludes halogenated alkanes) is 1. The van der Waals surface area contributed by atoms with Crippen LogP contribution in [0.4, 0.5) is 0 Å². The molecule has 9 N–H and O–H groups in total. The van der Waals surface area contributed by atoms with Crippen molar-refractivity contribution < 1.29 is 33.9 Å². The first-order chi connectivity index (χ1) is 27.9. The number of imidazole rings is 1. The fourth-order valence-electron chi connectivity index (χ4n) is 6.90. The van der Waals surface area contributed by atoms with Gasteiger partial charge in [-0.1, -0.05) is 101 Å². The molecule has 1 aromatic heterocycles. The molecule has 1 aliphatic heterocycles. The van der Waals surface area contributed by atoms with Crippen molar-refractivity contribution in [2.24, 2.45) is 11.7 Å². The minimum atomic E-state index is -1.19. The maximum Gasteiger partial charge on any atom is 0.326 e. The minimum Gasteiger partial charge on any atom is -0.480 e. The number of carboxylic acid groups (broad SMARTS) is 1. The number of aromatic amines is 1. The molecule has 0 saturated carbocycles. The average Bonchev–Trinajstić information content (AvgIpc) is 3.94. The molecule has 1 fully saturated rings. The van der Waals surface area contributed by atoms with Gasteiger partial charge in [0.25, 0.3) is 0 Å². The first-order valence-corrected chi connectivity index (χ1v) is 20.2. The van der Waals surface area contributed by atoms with Crippen molar-refractivity contribution in [1.29, 1.82) is 0 Å². The molecule has 0 bridgehead atoms. The number of aromatic nitrogens is 2. The van der Waals surface area contributed by atoms with Crippen LogP contribution >= 0.6 is 0 Å². The molecule has 5 amide bonds. The second kappa shape index (κ2) is 23.0. The van der Waals surface area contributed by atoms with E-state index in [1.807, 2.05) is 57.2 Å². The van der Waals surface area contributed by atoms with E-state index in [-0.39, 0.29) is 38.4 Å². The number of nitrogens with one attached hydrogen (secondary N) is 6. The van der Waals surface area contributed by atoms with Gasteiger partial charge in [0.05, 0.1) is 25.1 Å². The van der Waals surface area contributed by atoms with Crippen LogP contribution in [0, 0.1) is 5.92 Å². The van der Waals surface area contributed by atoms with Crippen LogP contribution in [0.3, 0.4) is 0 Å². The van der Waals surface area contributed by atoms with Crippen LogP contribution in [-0.2, 0) is 48.0 Å². The number of carboxylic acids is 1. The van der Waals surface area contributed by atoms with Crippen molar-refractivity contribution in [3.63, 3.8) is 0 Å². The van der Waals surface area contributed by atoms with E-state index in [1.54, 1.807) is 30.5 Å². The smallest absolute Gasteiger partial charge is 0.326 e. The molecular weight excluding hydrogens is 743 g/mol. The number of carbonyl (C=O) groups excluding carboxylic acids is 5. The molecule has 2 aromatic carbocycles. The predicted molar refractivity (Wildman–Crippen MR) is 218 cm³/mol. The Bertz CT molecular complexity index is 1780. The Balaban J connectivity index is 1.44. The Kier molecular flexibility index (Phi) is 17.9. The second-order valence-electron chi connectivity index (χ2n) is 14.9. The van der Waals surface area contributed by atoms with E-state index in [2.05, 4.69) is 36.6 Å². The number of amides is 5. The lowest BCUT2D eigenvalue weighted by atomic mass is 9.97. The predicted octanol–water partition coefficient (Wildman–Crippen LogP) is 1.56. The number of carbonyl (C=O) groups is 6. The zero-order chi connectivity index (χ0) is 42.0. The van der Waals surface area contributed by atoms with Gasteiger partial charge in [-0.15, -0.1) is 0 Å². The van der Waals surface area contributed by atoms with Crippen LogP contribution in [0.25, 0.3) is 0 Å². The van der Waals surface area contributed by atoms with Crippen molar-refractivity contribution in [1.82, 2.24) is 41.5 Å². The van der Waals surface area contributed by atoms with Gasteiger partial charge >= 0.3 is 5.97 Å². The molecule has 16 heteroatoms. The van der Waals surface area contributed by atoms with Crippen LogP contribution in [-0.4, -0.2) is 105 Å². The molecule has 0 aliphatic carbocycles. The van der Waals surface area contributed by atoms with E-state index in [1.165, 1.54) is 11.2 Å². The number of aliphatic carboxylic acids is 1. The molecule has 0 radical (unpaired) electrons. The largest absolute Gasteiger partial charge is 0.480 e. The van der Waals surface area contributed by atoms with Gasteiger partial charge in [-0.25, -0.2) is 9.78 Å². The van der Waals surface area contributed by atoms with Crippen LogP contribution < -0.4 is 32.3 Å². The molecule has 0 unspecified atom stereocenters. The lowest BCUT2D eigenvalue weighted by molar-refractivity contribution is -0.144. The highest BCUT2D eigenvalue weighted by molar-refractivity contribution is 5.94. The molecule has 1 aliphatic rings. The monoisotopic (exact) mass is 801 g/mol. The average molecular weight is 802 g/mol. The molecular formula is C42H59N9O7. The molecule has 0 spiro atoms. The fourth-order valence-corrected chi connectivity index (χ4v) is 6.90. The normalized spacial score (nSPS) is 16.9. The molecule has 7 atom stereocenters. The highest BCUT2D eigenvalue weighted by Gasteiger charge is 2.39. The summed E-state index contributed by atoms with van der Waals surface area (Å²) < 4.78 is 0. The molecule has 1 saturated heterocycles. The standard InChI is InChI=1S/C42H59N9O7/c1-4-6-18-31(43)37(52)48-32(21-28-14-9-7-10-15-28)38(53)50-36(27(3)5-2)40(55)47-26-46-33(23-30-24-44-25-45-30)41(56)51-20-13-19-35(51)39(54)49-34(42(57)58)22-29-16-11-8-12-17-29/h7-12,14-17,24-25,27,31-36,46H,4-6,13,18-23,26,43H2,1-3H3,(H,44,45)(H,47,55)(H,48,52)(H,49,54)(H,50,53)(H,57,58)/t27-,31-,32-,33-,34-,35-,36-/m0/s1. The summed E-state index contributed by atoms with van der Waals surface area (Å²) in [6.07, 6.45) is 7.04. The molecule has 2 heterocycles. The Morgan fingerprint density at radius 1 is 0.862 bits per heavy atom. The molecule has 4 rings (SSSR count). The van der Waals surface area contributed by atoms with E-state index < -0.39 is 71.8 Å². The Labute approximate surface area is 339 Å². The van der Waals surface area contributed by atoms with Gasteiger partial charge in [0.1, 0.15) is 24.2 Å². The number of benzene rings is 2. The number of nitrogens with zero attached hydrogens (tertiary/aromatic N) is 2. The van der Waals surface area contributed by atoms with Crippen LogP contribution in [0.5, 0.6) is 0 Å². The van der Waals surface area contributed by atoms with E-state index in [0.717, 1.165) is 24.0 Å². The first kappa shape index (κ1) is 45.1. The summed E-state index contributed by atoms with van der Waals surface area (Å²) in [4.78, 5) is 88.9. The van der Waals surface area contributed by atoms with Gasteiger partial charge in [0.2, 0.25) is 29.5 Å². The van der Waals surface area contributed by atoms with Crippen LogP contribution in [0.15, 0.2) is 73.2 Å².